The van der Waals surface area contributed by atoms with Gasteiger partial charge >= 0.3 is 0 Å². The van der Waals surface area contributed by atoms with Crippen LogP contribution < -0.4 is 14.8 Å². The lowest BCUT2D eigenvalue weighted by atomic mass is 10.1. The molecule has 0 spiro atoms. The van der Waals surface area contributed by atoms with Crippen LogP contribution in [-0.2, 0) is 13.2 Å². The van der Waals surface area contributed by atoms with Crippen LogP contribution in [0, 0.1) is 33.5 Å². The second-order valence-corrected chi connectivity index (χ2v) is 8.87. The summed E-state index contributed by atoms with van der Waals surface area (Å²) >= 11 is 0. The van der Waals surface area contributed by atoms with Crippen LogP contribution in [0.1, 0.15) is 44.0 Å². The molecule has 0 saturated heterocycles. The van der Waals surface area contributed by atoms with Gasteiger partial charge in [-0.25, -0.2) is 4.39 Å². The normalized spacial score (nSPS) is 10.8. The van der Waals surface area contributed by atoms with Crippen LogP contribution in [0.3, 0.4) is 0 Å². The molecule has 0 fully saturated rings. The number of amides is 1. The van der Waals surface area contributed by atoms with E-state index in [0.717, 1.165) is 33.7 Å². The first-order valence-corrected chi connectivity index (χ1v) is 11.7. The number of ether oxygens (including phenoxy) is 2. The maximum Gasteiger partial charge on any atom is 0.255 e. The molecule has 4 aromatic rings. The predicted molar refractivity (Wildman–Crippen MR) is 138 cm³/mol. The first-order chi connectivity index (χ1) is 17.2. The lowest BCUT2D eigenvalue weighted by Crippen LogP contribution is -2.14. The fourth-order valence-corrected chi connectivity index (χ4v) is 4.08. The molecule has 0 saturated carbocycles. The van der Waals surface area contributed by atoms with Crippen molar-refractivity contribution in [3.05, 3.63) is 106 Å². The summed E-state index contributed by atoms with van der Waals surface area (Å²) < 4.78 is 26.9. The van der Waals surface area contributed by atoms with E-state index in [1.165, 1.54) is 12.1 Å². The van der Waals surface area contributed by atoms with Gasteiger partial charge < -0.3 is 14.8 Å². The van der Waals surface area contributed by atoms with Gasteiger partial charge in [0.15, 0.2) is 0 Å². The quantitative estimate of drug-likeness (QED) is 0.324. The number of aromatic nitrogens is 2. The molecule has 0 unspecified atom stereocenters. The number of carbonyl (C=O) groups is 1. The van der Waals surface area contributed by atoms with E-state index >= 15 is 0 Å². The van der Waals surface area contributed by atoms with Crippen molar-refractivity contribution < 1.29 is 18.7 Å². The summed E-state index contributed by atoms with van der Waals surface area (Å²) in [6.45, 7) is 8.40. The summed E-state index contributed by atoms with van der Waals surface area (Å²) in [5, 5.41) is 7.53. The van der Waals surface area contributed by atoms with Crippen molar-refractivity contribution in [2.75, 3.05) is 12.4 Å². The van der Waals surface area contributed by atoms with Gasteiger partial charge in [-0.3, -0.25) is 9.48 Å². The van der Waals surface area contributed by atoms with Crippen molar-refractivity contribution in [1.29, 1.82) is 0 Å². The summed E-state index contributed by atoms with van der Waals surface area (Å²) in [5.41, 5.74) is 6.30. The molecule has 4 rings (SSSR count). The van der Waals surface area contributed by atoms with Crippen molar-refractivity contribution in [2.45, 2.75) is 40.8 Å². The molecule has 1 heterocycles. The Hall–Kier alpha value is -4.13. The van der Waals surface area contributed by atoms with Crippen LogP contribution in [0.5, 0.6) is 11.5 Å². The molecule has 0 bridgehead atoms. The first kappa shape index (κ1) is 25.0. The zero-order valence-electron chi connectivity index (χ0n) is 21.2. The van der Waals surface area contributed by atoms with Gasteiger partial charge in [-0.15, -0.1) is 0 Å². The number of rotatable bonds is 8. The monoisotopic (exact) mass is 487 g/mol. The van der Waals surface area contributed by atoms with Crippen molar-refractivity contribution in [2.24, 2.45) is 0 Å². The van der Waals surface area contributed by atoms with Gasteiger partial charge in [0.05, 0.1) is 30.7 Å². The molecule has 6 nitrogen and oxygen atoms in total. The molecular weight excluding hydrogens is 457 g/mol. The van der Waals surface area contributed by atoms with Crippen LogP contribution in [0.25, 0.3) is 0 Å². The first-order valence-electron chi connectivity index (χ1n) is 11.7. The van der Waals surface area contributed by atoms with E-state index in [4.69, 9.17) is 9.47 Å². The summed E-state index contributed by atoms with van der Waals surface area (Å²) in [5.74, 6) is 0.887. The number of hydrogen-bond donors (Lipinski definition) is 1. The summed E-state index contributed by atoms with van der Waals surface area (Å²) in [4.78, 5) is 13.2. The standard InChI is InChI=1S/C29H30FN3O3/c1-18-9-10-19(2)27(13-18)36-17-24-15-23(11-12-26(24)35-5)29(34)31-28-20(3)32-33(21(28)4)16-22-7-6-8-25(30)14-22/h6-15H,16-17H2,1-5H3,(H,31,34). The second kappa shape index (κ2) is 10.6. The molecule has 186 valence electrons. The van der Waals surface area contributed by atoms with Gasteiger partial charge in [0, 0.05) is 11.1 Å². The third kappa shape index (κ3) is 5.57. The smallest absolute Gasteiger partial charge is 0.255 e. The van der Waals surface area contributed by atoms with E-state index < -0.39 is 0 Å². The molecular formula is C29H30FN3O3. The largest absolute Gasteiger partial charge is 0.496 e. The summed E-state index contributed by atoms with van der Waals surface area (Å²) in [6, 6.07) is 17.7. The minimum absolute atomic E-state index is 0.262. The average Bonchev–Trinajstić information content (AvgIpc) is 3.11. The molecule has 0 aliphatic rings. The Morgan fingerprint density at radius 2 is 1.81 bits per heavy atom. The second-order valence-electron chi connectivity index (χ2n) is 8.87. The Morgan fingerprint density at radius 1 is 1.00 bits per heavy atom. The fraction of sp³-hybridized carbons (Fsp3) is 0.241. The SMILES string of the molecule is COc1ccc(C(=O)Nc2c(C)nn(Cc3cccc(F)c3)c2C)cc1COc1cc(C)ccc1C. The average molecular weight is 488 g/mol. The molecule has 0 radical (unpaired) electrons. The van der Waals surface area contributed by atoms with E-state index in [-0.39, 0.29) is 18.3 Å². The molecule has 0 atom stereocenters. The molecule has 0 aliphatic heterocycles. The molecule has 1 amide bonds. The number of halogens is 1. The number of carbonyl (C=O) groups excluding carboxylic acids is 1. The van der Waals surface area contributed by atoms with E-state index in [1.54, 1.807) is 36.1 Å². The highest BCUT2D eigenvalue weighted by molar-refractivity contribution is 6.05. The van der Waals surface area contributed by atoms with Gasteiger partial charge in [0.1, 0.15) is 23.9 Å². The van der Waals surface area contributed by atoms with Crippen LogP contribution >= 0.6 is 0 Å². The summed E-state index contributed by atoms with van der Waals surface area (Å²) in [7, 11) is 1.59. The zero-order chi connectivity index (χ0) is 25.8. The van der Waals surface area contributed by atoms with Crippen LogP contribution in [0.4, 0.5) is 10.1 Å². The topological polar surface area (TPSA) is 65.4 Å². The Bertz CT molecular complexity index is 1410. The highest BCUT2D eigenvalue weighted by Gasteiger charge is 2.17. The molecule has 3 aromatic carbocycles. The number of nitrogens with one attached hydrogen (secondary N) is 1. The lowest BCUT2D eigenvalue weighted by Gasteiger charge is -2.14. The number of methoxy groups -OCH3 is 1. The van der Waals surface area contributed by atoms with E-state index in [2.05, 4.69) is 10.4 Å². The maximum absolute atomic E-state index is 13.6. The molecule has 0 aliphatic carbocycles. The van der Waals surface area contributed by atoms with Crippen LogP contribution in [-0.4, -0.2) is 22.8 Å². The van der Waals surface area contributed by atoms with Crippen molar-refractivity contribution in [1.82, 2.24) is 9.78 Å². The Morgan fingerprint density at radius 3 is 2.56 bits per heavy atom. The van der Waals surface area contributed by atoms with E-state index in [0.29, 0.717) is 29.2 Å². The number of hydrogen-bond acceptors (Lipinski definition) is 4. The lowest BCUT2D eigenvalue weighted by molar-refractivity contribution is 0.102. The Balaban J connectivity index is 1.52. The van der Waals surface area contributed by atoms with Crippen molar-refractivity contribution in [3.63, 3.8) is 0 Å². The highest BCUT2D eigenvalue weighted by Crippen LogP contribution is 2.26. The van der Waals surface area contributed by atoms with Crippen LogP contribution in [0.15, 0.2) is 60.7 Å². The van der Waals surface area contributed by atoms with Crippen LogP contribution in [0.2, 0.25) is 0 Å². The van der Waals surface area contributed by atoms with Gasteiger partial charge in [-0.2, -0.15) is 5.10 Å². The predicted octanol–water partition coefficient (Wildman–Crippen LogP) is 6.14. The van der Waals surface area contributed by atoms with E-state index in [1.807, 2.05) is 52.0 Å². The van der Waals surface area contributed by atoms with Crippen molar-refractivity contribution >= 4 is 11.6 Å². The number of nitrogens with zero attached hydrogens (tertiary/aromatic N) is 2. The van der Waals surface area contributed by atoms with Gasteiger partial charge in [-0.1, -0.05) is 24.3 Å². The molecule has 1 aromatic heterocycles. The third-order valence-corrected chi connectivity index (χ3v) is 6.11. The van der Waals surface area contributed by atoms with Gasteiger partial charge in [0.25, 0.3) is 5.91 Å². The Labute approximate surface area is 210 Å². The van der Waals surface area contributed by atoms with Gasteiger partial charge in [0.2, 0.25) is 0 Å². The zero-order valence-corrected chi connectivity index (χ0v) is 21.2. The van der Waals surface area contributed by atoms with Gasteiger partial charge in [-0.05, 0) is 80.8 Å². The number of anilines is 1. The molecule has 7 heteroatoms. The highest BCUT2D eigenvalue weighted by atomic mass is 19.1. The summed E-state index contributed by atoms with van der Waals surface area (Å²) in [6.07, 6.45) is 0. The van der Waals surface area contributed by atoms with E-state index in [9.17, 15) is 9.18 Å². The maximum atomic E-state index is 13.6. The molecule has 1 N–H and O–H groups in total. The number of benzene rings is 3. The minimum atomic E-state index is -0.292. The Kier molecular flexibility index (Phi) is 7.38. The van der Waals surface area contributed by atoms with Crippen molar-refractivity contribution in [3.8, 4) is 11.5 Å². The fourth-order valence-electron chi connectivity index (χ4n) is 4.08. The minimum Gasteiger partial charge on any atom is -0.496 e. The third-order valence-electron chi connectivity index (χ3n) is 6.11. The number of aryl methyl sites for hydroxylation is 3. The molecule has 36 heavy (non-hydrogen) atoms.